The maximum Gasteiger partial charge on any atom is 0.165 e. The van der Waals surface area contributed by atoms with E-state index in [2.05, 4.69) is 34.3 Å². The van der Waals surface area contributed by atoms with E-state index in [1.165, 1.54) is 12.4 Å². The van der Waals surface area contributed by atoms with Gasteiger partial charge in [-0.15, -0.1) is 0 Å². The Morgan fingerprint density at radius 2 is 1.94 bits per heavy atom. The van der Waals surface area contributed by atoms with Crippen molar-refractivity contribution in [2.75, 3.05) is 52.8 Å². The molecule has 0 aliphatic carbocycles. The minimum atomic E-state index is -0.548. The number of nitrogens with one attached hydrogen (secondary N) is 1. The van der Waals surface area contributed by atoms with E-state index in [-0.39, 0.29) is 10.7 Å². The van der Waals surface area contributed by atoms with Crippen LogP contribution in [-0.2, 0) is 4.84 Å². The van der Waals surface area contributed by atoms with Crippen LogP contribution >= 0.6 is 11.6 Å². The molecule has 0 amide bonds. The second kappa shape index (κ2) is 11.1. The van der Waals surface area contributed by atoms with Crippen LogP contribution in [0.15, 0.2) is 36.7 Å². The lowest BCUT2D eigenvalue weighted by Crippen LogP contribution is -2.42. The molecule has 3 aromatic rings. The van der Waals surface area contributed by atoms with Gasteiger partial charge in [0.05, 0.1) is 23.3 Å². The van der Waals surface area contributed by atoms with Gasteiger partial charge >= 0.3 is 0 Å². The molecule has 1 N–H and O–H groups in total. The second-order valence-electron chi connectivity index (χ2n) is 8.27. The van der Waals surface area contributed by atoms with E-state index >= 15 is 0 Å². The largest absolute Gasteiger partial charge is 0.493 e. The van der Waals surface area contributed by atoms with Crippen molar-refractivity contribution in [2.45, 2.75) is 18.9 Å². The first-order chi connectivity index (χ1) is 16.5. The maximum absolute atomic E-state index is 14.4. The molecular formula is C24H29ClFN5O3. The zero-order chi connectivity index (χ0) is 24.1. The van der Waals surface area contributed by atoms with Gasteiger partial charge in [0.15, 0.2) is 17.3 Å². The van der Waals surface area contributed by atoms with Crippen molar-refractivity contribution in [3.63, 3.8) is 0 Å². The lowest BCUT2D eigenvalue weighted by Gasteiger charge is -2.34. The SMILES string of the molecule is COc1cc2ncnc(Nc3cccc(Cl)c3F)c2cc1OCCON1CCC(N(C)C)CC1. The normalized spacial score (nSPS) is 15.1. The smallest absolute Gasteiger partial charge is 0.165 e. The van der Waals surface area contributed by atoms with Gasteiger partial charge in [-0.3, -0.25) is 4.84 Å². The molecule has 34 heavy (non-hydrogen) atoms. The molecule has 0 unspecified atom stereocenters. The fraction of sp³-hybridized carbons (Fsp3) is 0.417. The first kappa shape index (κ1) is 24.4. The van der Waals surface area contributed by atoms with Gasteiger partial charge in [0.2, 0.25) is 0 Å². The molecule has 0 spiro atoms. The van der Waals surface area contributed by atoms with Crippen LogP contribution in [0.25, 0.3) is 10.9 Å². The number of rotatable bonds is 9. The van der Waals surface area contributed by atoms with Crippen LogP contribution in [0.3, 0.4) is 0 Å². The minimum absolute atomic E-state index is 0.0278. The van der Waals surface area contributed by atoms with E-state index in [9.17, 15) is 4.39 Å². The van der Waals surface area contributed by atoms with Crippen molar-refractivity contribution in [3.05, 3.63) is 47.5 Å². The summed E-state index contributed by atoms with van der Waals surface area (Å²) in [7, 11) is 5.80. The quantitative estimate of drug-likeness (QED) is 0.440. The van der Waals surface area contributed by atoms with Crippen molar-refractivity contribution < 1.29 is 18.7 Å². The standard InChI is InChI=1S/C24H29ClFN5O3/c1-30(2)16-7-9-31(10-8-16)34-12-11-33-22-13-17-20(14-21(22)32-3)27-15-28-24(17)29-19-6-4-5-18(25)23(19)26/h4-6,13-16H,7-12H2,1-3H3,(H,27,28,29). The molecule has 2 heterocycles. The Bertz CT molecular complexity index is 1130. The summed E-state index contributed by atoms with van der Waals surface area (Å²) in [5.74, 6) is 0.943. The number of hydroxylamine groups is 2. The topological polar surface area (TPSA) is 72.0 Å². The summed E-state index contributed by atoms with van der Waals surface area (Å²) in [5.41, 5.74) is 0.848. The zero-order valence-corrected chi connectivity index (χ0v) is 20.3. The number of nitrogens with zero attached hydrogens (tertiary/aromatic N) is 4. The van der Waals surface area contributed by atoms with E-state index in [0.717, 1.165) is 25.9 Å². The van der Waals surface area contributed by atoms with E-state index in [1.807, 2.05) is 5.06 Å². The molecule has 1 fully saturated rings. The third-order valence-electron chi connectivity index (χ3n) is 5.89. The highest BCUT2D eigenvalue weighted by Gasteiger charge is 2.21. The monoisotopic (exact) mass is 489 g/mol. The van der Waals surface area contributed by atoms with Crippen LogP contribution in [0, 0.1) is 5.82 Å². The number of benzene rings is 2. The number of aromatic nitrogens is 2. The van der Waals surface area contributed by atoms with Crippen molar-refractivity contribution in [2.24, 2.45) is 0 Å². The fourth-order valence-electron chi connectivity index (χ4n) is 3.97. The highest BCUT2D eigenvalue weighted by atomic mass is 35.5. The number of piperidine rings is 1. The number of hydrogen-bond donors (Lipinski definition) is 1. The lowest BCUT2D eigenvalue weighted by atomic mass is 10.1. The third kappa shape index (κ3) is 5.67. The van der Waals surface area contributed by atoms with Crippen LogP contribution in [0.5, 0.6) is 11.5 Å². The Labute approximate surface area is 203 Å². The molecule has 2 aromatic carbocycles. The summed E-state index contributed by atoms with van der Waals surface area (Å²) in [6.07, 6.45) is 3.56. The molecular weight excluding hydrogens is 461 g/mol. The molecule has 1 aliphatic heterocycles. The Kier molecular flexibility index (Phi) is 7.99. The lowest BCUT2D eigenvalue weighted by molar-refractivity contribution is -0.178. The average molecular weight is 490 g/mol. The molecule has 10 heteroatoms. The summed E-state index contributed by atoms with van der Waals surface area (Å²) >= 11 is 5.91. The molecule has 8 nitrogen and oxygen atoms in total. The summed E-state index contributed by atoms with van der Waals surface area (Å²) in [6.45, 7) is 2.55. The molecule has 0 radical (unpaired) electrons. The van der Waals surface area contributed by atoms with Crippen molar-refractivity contribution in [3.8, 4) is 11.5 Å². The fourth-order valence-corrected chi connectivity index (χ4v) is 4.14. The second-order valence-corrected chi connectivity index (χ2v) is 8.68. The molecule has 1 saturated heterocycles. The van der Waals surface area contributed by atoms with Gasteiger partial charge in [0, 0.05) is 30.6 Å². The van der Waals surface area contributed by atoms with Crippen molar-refractivity contribution >= 4 is 34.0 Å². The summed E-state index contributed by atoms with van der Waals surface area (Å²) in [6, 6.07) is 8.89. The Morgan fingerprint density at radius 1 is 1.15 bits per heavy atom. The van der Waals surface area contributed by atoms with Gasteiger partial charge in [-0.25, -0.2) is 14.4 Å². The van der Waals surface area contributed by atoms with Gasteiger partial charge in [0.25, 0.3) is 0 Å². The minimum Gasteiger partial charge on any atom is -0.493 e. The first-order valence-corrected chi connectivity index (χ1v) is 11.5. The number of ether oxygens (including phenoxy) is 2. The van der Waals surface area contributed by atoms with Gasteiger partial charge < -0.3 is 19.7 Å². The maximum atomic E-state index is 14.4. The highest BCUT2D eigenvalue weighted by Crippen LogP contribution is 2.35. The predicted octanol–water partition coefficient (Wildman–Crippen LogP) is 4.51. The number of halogens is 2. The first-order valence-electron chi connectivity index (χ1n) is 11.2. The molecule has 1 aromatic heterocycles. The molecule has 4 rings (SSSR count). The average Bonchev–Trinajstić information content (AvgIpc) is 2.84. The van der Waals surface area contributed by atoms with Crippen LogP contribution in [0.4, 0.5) is 15.9 Å². The van der Waals surface area contributed by atoms with E-state index < -0.39 is 5.82 Å². The predicted molar refractivity (Wildman–Crippen MR) is 131 cm³/mol. The van der Waals surface area contributed by atoms with Crippen LogP contribution in [-0.4, -0.2) is 73.5 Å². The number of fused-ring (bicyclic) bond motifs is 1. The summed E-state index contributed by atoms with van der Waals surface area (Å²) in [5, 5.41) is 5.68. The zero-order valence-electron chi connectivity index (χ0n) is 19.6. The molecule has 0 atom stereocenters. The Hall–Kier alpha value is -2.72. The highest BCUT2D eigenvalue weighted by molar-refractivity contribution is 6.31. The number of methoxy groups -OCH3 is 1. The van der Waals surface area contributed by atoms with Crippen LogP contribution in [0.1, 0.15) is 12.8 Å². The van der Waals surface area contributed by atoms with Gasteiger partial charge in [0.1, 0.15) is 25.4 Å². The van der Waals surface area contributed by atoms with E-state index in [0.29, 0.717) is 47.5 Å². The summed E-state index contributed by atoms with van der Waals surface area (Å²) in [4.78, 5) is 16.7. The van der Waals surface area contributed by atoms with Crippen LogP contribution < -0.4 is 14.8 Å². The number of anilines is 2. The molecule has 1 aliphatic rings. The number of hydrogen-bond acceptors (Lipinski definition) is 8. The third-order valence-corrected chi connectivity index (χ3v) is 6.19. The van der Waals surface area contributed by atoms with Crippen molar-refractivity contribution in [1.29, 1.82) is 0 Å². The van der Waals surface area contributed by atoms with Gasteiger partial charge in [-0.2, -0.15) is 5.06 Å². The van der Waals surface area contributed by atoms with Crippen molar-refractivity contribution in [1.82, 2.24) is 19.9 Å². The van der Waals surface area contributed by atoms with Gasteiger partial charge in [-0.05, 0) is 45.1 Å². The van der Waals surface area contributed by atoms with E-state index in [1.54, 1.807) is 31.4 Å². The Balaban J connectivity index is 1.44. The summed E-state index contributed by atoms with van der Waals surface area (Å²) < 4.78 is 25.9. The van der Waals surface area contributed by atoms with Gasteiger partial charge in [-0.1, -0.05) is 17.7 Å². The van der Waals surface area contributed by atoms with E-state index in [4.69, 9.17) is 25.9 Å². The molecule has 0 bridgehead atoms. The Morgan fingerprint density at radius 3 is 2.68 bits per heavy atom. The van der Waals surface area contributed by atoms with Crippen LogP contribution in [0.2, 0.25) is 5.02 Å². The molecule has 0 saturated carbocycles. The molecule has 182 valence electrons.